The SMILES string of the molecule is CON=C(C(=O)N[C@@H]1C(=O)N(S(=O)(=O)[O-])[C@@H]1COC(=O)C(=NOC)c1csc(NC(=O)CCl)n1)c1csc(NC(=O)CCl)n1.[Na+]. The predicted molar refractivity (Wildman–Crippen MR) is 153 cm³/mol. The summed E-state index contributed by atoms with van der Waals surface area (Å²) in [5.74, 6) is -5.52. The van der Waals surface area contributed by atoms with Crippen molar-refractivity contribution >= 4 is 107 Å². The van der Waals surface area contributed by atoms with Crippen LogP contribution in [0, 0.1) is 0 Å². The van der Waals surface area contributed by atoms with E-state index in [9.17, 15) is 36.9 Å². The third-order valence-electron chi connectivity index (χ3n) is 5.08. The van der Waals surface area contributed by atoms with Crippen LogP contribution in [0.2, 0.25) is 0 Å². The molecule has 238 valence electrons. The second-order valence-corrected chi connectivity index (χ2v) is 11.4. The molecule has 1 fully saturated rings. The number of β-lactam (4-membered cyclic amide) rings is 1. The van der Waals surface area contributed by atoms with Crippen LogP contribution in [0.15, 0.2) is 21.1 Å². The number of amides is 4. The molecule has 25 heteroatoms. The standard InChI is InChI=1S/C20H20Cl2N8O11S3.Na/c1-39-28-13(8-6-42-19(23-8)25-11(31)3-21)16(33)27-15-10(30(17(15)34)44(36,37)38)5-41-18(35)14(29-40-2)9-7-43-20(24-9)26-12(32)4-22;/h6-7,10,15H,3-5H2,1-2H3,(H,27,33)(H,23,25,31)(H,24,26,32)(H,36,37,38);/q;+1/p-1/t10-,15+;/m1./s1. The third kappa shape index (κ3) is 9.76. The molecule has 0 bridgehead atoms. The molecule has 3 heterocycles. The fraction of sp³-hybridized carbons (Fsp3) is 0.350. The summed E-state index contributed by atoms with van der Waals surface area (Å²) < 4.78 is 40.3. The van der Waals surface area contributed by atoms with E-state index in [2.05, 4.69) is 45.9 Å². The molecule has 2 atom stereocenters. The molecular formula is C20H19Cl2N8NaO11S3. The first-order valence-electron chi connectivity index (χ1n) is 11.5. The van der Waals surface area contributed by atoms with Crippen LogP contribution in [0.3, 0.4) is 0 Å². The van der Waals surface area contributed by atoms with Crippen molar-refractivity contribution in [1.29, 1.82) is 0 Å². The normalized spacial score (nSPS) is 16.6. The van der Waals surface area contributed by atoms with E-state index in [0.29, 0.717) is 0 Å². The Kier molecular flexibility index (Phi) is 14.5. The Bertz CT molecular complexity index is 1620. The number of halogens is 2. The second-order valence-electron chi connectivity index (χ2n) is 7.89. The van der Waals surface area contributed by atoms with Gasteiger partial charge in [-0.2, -0.15) is 0 Å². The molecule has 0 radical (unpaired) electrons. The summed E-state index contributed by atoms with van der Waals surface area (Å²) in [7, 11) is -3.20. The minimum atomic E-state index is -5.41. The first-order chi connectivity index (χ1) is 20.8. The van der Waals surface area contributed by atoms with E-state index < -0.39 is 70.0 Å². The van der Waals surface area contributed by atoms with Gasteiger partial charge >= 0.3 is 35.5 Å². The quantitative estimate of drug-likeness (QED) is 0.0319. The molecule has 19 nitrogen and oxygen atoms in total. The van der Waals surface area contributed by atoms with E-state index >= 15 is 0 Å². The fourth-order valence-corrected chi connectivity index (χ4v) is 5.72. The number of anilines is 2. The van der Waals surface area contributed by atoms with Gasteiger partial charge in [-0.25, -0.2) is 27.5 Å². The van der Waals surface area contributed by atoms with Crippen LogP contribution in [0.5, 0.6) is 0 Å². The Balaban J connectivity index is 0.00000705. The average Bonchev–Trinajstić information content (AvgIpc) is 3.63. The molecular weight excluding hydrogens is 718 g/mol. The zero-order valence-corrected chi connectivity index (χ0v) is 29.1. The van der Waals surface area contributed by atoms with Crippen molar-refractivity contribution in [2.24, 2.45) is 10.3 Å². The Morgan fingerprint density at radius 3 is 1.93 bits per heavy atom. The molecule has 45 heavy (non-hydrogen) atoms. The molecule has 1 aliphatic rings. The minimum Gasteiger partial charge on any atom is -0.731 e. The van der Waals surface area contributed by atoms with Gasteiger partial charge in [0, 0.05) is 10.8 Å². The van der Waals surface area contributed by atoms with E-state index in [1.54, 1.807) is 0 Å². The number of oxime groups is 2. The topological polar surface area (TPSA) is 260 Å². The van der Waals surface area contributed by atoms with Crippen molar-refractivity contribution in [3.8, 4) is 0 Å². The number of aromatic nitrogens is 2. The van der Waals surface area contributed by atoms with E-state index in [-0.39, 0.29) is 67.3 Å². The van der Waals surface area contributed by atoms with Crippen LogP contribution in [-0.2, 0) is 48.7 Å². The van der Waals surface area contributed by atoms with Gasteiger partial charge in [-0.15, -0.1) is 45.9 Å². The molecule has 0 unspecified atom stereocenters. The van der Waals surface area contributed by atoms with Gasteiger partial charge in [0.1, 0.15) is 56.1 Å². The predicted octanol–water partition coefficient (Wildman–Crippen LogP) is -3.94. The molecule has 0 saturated carbocycles. The van der Waals surface area contributed by atoms with E-state index in [1.165, 1.54) is 10.8 Å². The number of hydrogen-bond donors (Lipinski definition) is 3. The monoisotopic (exact) mass is 736 g/mol. The molecule has 4 amide bonds. The van der Waals surface area contributed by atoms with E-state index in [1.807, 2.05) is 0 Å². The smallest absolute Gasteiger partial charge is 0.731 e. The largest absolute Gasteiger partial charge is 1.00 e. The van der Waals surface area contributed by atoms with Gasteiger partial charge in [-0.05, 0) is 0 Å². The summed E-state index contributed by atoms with van der Waals surface area (Å²) >= 11 is 12.7. The molecule has 3 rings (SSSR count). The number of rotatable bonds is 14. The van der Waals surface area contributed by atoms with Gasteiger partial charge in [-0.3, -0.25) is 19.2 Å². The van der Waals surface area contributed by atoms with Gasteiger partial charge in [0.25, 0.3) is 11.8 Å². The number of nitrogens with zero attached hydrogens (tertiary/aromatic N) is 5. The summed E-state index contributed by atoms with van der Waals surface area (Å²) in [6, 6.07) is -3.37. The minimum absolute atomic E-state index is 0. The molecule has 2 aromatic rings. The number of thiazole rings is 2. The summed E-state index contributed by atoms with van der Waals surface area (Å²) in [5, 5.41) is 16.8. The number of nitrogens with one attached hydrogen (secondary N) is 3. The number of alkyl halides is 2. The average molecular weight is 738 g/mol. The van der Waals surface area contributed by atoms with Crippen molar-refractivity contribution in [2.45, 2.75) is 12.1 Å². The van der Waals surface area contributed by atoms with E-state index in [0.717, 1.165) is 36.9 Å². The van der Waals surface area contributed by atoms with Crippen LogP contribution >= 0.6 is 45.9 Å². The Labute approximate surface area is 293 Å². The Hall–Kier alpha value is -2.96. The van der Waals surface area contributed by atoms with Crippen molar-refractivity contribution in [3.63, 3.8) is 0 Å². The zero-order valence-electron chi connectivity index (χ0n) is 23.1. The summed E-state index contributed by atoms with van der Waals surface area (Å²) in [6.07, 6.45) is 0. The van der Waals surface area contributed by atoms with Gasteiger partial charge in [0.15, 0.2) is 26.3 Å². The van der Waals surface area contributed by atoms with Crippen molar-refractivity contribution in [1.82, 2.24) is 19.6 Å². The molecule has 1 aliphatic heterocycles. The fourth-order valence-electron chi connectivity index (χ4n) is 3.32. The van der Waals surface area contributed by atoms with Crippen LogP contribution < -0.4 is 45.5 Å². The number of ether oxygens (including phenoxy) is 1. The third-order valence-corrected chi connectivity index (χ3v) is 8.02. The Morgan fingerprint density at radius 2 is 1.47 bits per heavy atom. The number of esters is 1. The van der Waals surface area contributed by atoms with Gasteiger partial charge < -0.3 is 34.9 Å². The first kappa shape index (κ1) is 38.2. The summed E-state index contributed by atoms with van der Waals surface area (Å²) in [5.41, 5.74) is -1.22. The molecule has 1 saturated heterocycles. The zero-order chi connectivity index (χ0) is 32.6. The van der Waals surface area contributed by atoms with Crippen molar-refractivity contribution in [2.75, 3.05) is 43.2 Å². The second kappa shape index (κ2) is 17.1. The van der Waals surface area contributed by atoms with Gasteiger partial charge in [0.2, 0.25) is 17.5 Å². The van der Waals surface area contributed by atoms with E-state index in [4.69, 9.17) is 27.9 Å². The van der Waals surface area contributed by atoms with Crippen molar-refractivity contribution < 1.29 is 80.9 Å². The van der Waals surface area contributed by atoms with Gasteiger partial charge in [-0.1, -0.05) is 10.3 Å². The van der Waals surface area contributed by atoms with Crippen LogP contribution in [0.25, 0.3) is 0 Å². The summed E-state index contributed by atoms with van der Waals surface area (Å²) in [6.45, 7) is -0.915. The maximum absolute atomic E-state index is 13.0. The van der Waals surface area contributed by atoms with Crippen LogP contribution in [0.4, 0.5) is 10.3 Å². The summed E-state index contributed by atoms with van der Waals surface area (Å²) in [4.78, 5) is 78.8. The van der Waals surface area contributed by atoms with Crippen LogP contribution in [-0.4, -0.2) is 113 Å². The maximum atomic E-state index is 13.0. The van der Waals surface area contributed by atoms with Crippen molar-refractivity contribution in [3.05, 3.63) is 22.1 Å². The van der Waals surface area contributed by atoms with Crippen LogP contribution in [0.1, 0.15) is 11.4 Å². The first-order valence-corrected chi connectivity index (χ1v) is 15.7. The molecule has 0 aliphatic carbocycles. The molecule has 0 aromatic carbocycles. The molecule has 3 N–H and O–H groups in total. The molecule has 2 aromatic heterocycles. The number of carbonyl (C=O) groups excluding carboxylic acids is 5. The van der Waals surface area contributed by atoms with Gasteiger partial charge in [0.05, 0.1) is 0 Å². The number of carbonyl (C=O) groups is 5. The number of hydrogen-bond acceptors (Lipinski definition) is 17. The Morgan fingerprint density at radius 1 is 0.978 bits per heavy atom. The maximum Gasteiger partial charge on any atom is 1.00 e. The molecule has 0 spiro atoms.